The fraction of sp³-hybridized carbons (Fsp3) is 0.412. The lowest BCUT2D eigenvalue weighted by Gasteiger charge is -2.23. The highest BCUT2D eigenvalue weighted by molar-refractivity contribution is 5.86. The van der Waals surface area contributed by atoms with Crippen LogP contribution in [-0.2, 0) is 11.2 Å². The normalized spacial score (nSPS) is 21.6. The van der Waals surface area contributed by atoms with Gasteiger partial charge in [-0.25, -0.2) is 0 Å². The Hall–Kier alpha value is -1.94. The second-order valence-electron chi connectivity index (χ2n) is 5.86. The number of hydrogen-bond donors (Lipinski definition) is 2. The highest BCUT2D eigenvalue weighted by Gasteiger charge is 2.35. The second kappa shape index (κ2) is 5.82. The summed E-state index contributed by atoms with van der Waals surface area (Å²) in [4.78, 5) is 16.7. The summed E-state index contributed by atoms with van der Waals surface area (Å²) in [5.74, 6) is 0.105. The zero-order valence-electron chi connectivity index (χ0n) is 12.4. The van der Waals surface area contributed by atoms with Crippen molar-refractivity contribution >= 4 is 16.8 Å². The van der Waals surface area contributed by atoms with Crippen LogP contribution in [0, 0.1) is 0 Å². The number of carbonyl (C=O) groups is 1. The molecule has 1 saturated heterocycles. The van der Waals surface area contributed by atoms with Crippen LogP contribution in [0.1, 0.15) is 25.3 Å². The average Bonchev–Trinajstić information content (AvgIpc) is 2.95. The first-order valence-corrected chi connectivity index (χ1v) is 7.55. The van der Waals surface area contributed by atoms with Gasteiger partial charge in [-0.15, -0.1) is 0 Å². The Bertz CT molecular complexity index is 642. The highest BCUT2D eigenvalue weighted by atomic mass is 16.2. The molecule has 1 aliphatic heterocycles. The first-order valence-electron chi connectivity index (χ1n) is 7.55. The van der Waals surface area contributed by atoms with Crippen LogP contribution < -0.4 is 10.6 Å². The van der Waals surface area contributed by atoms with E-state index in [1.807, 2.05) is 25.3 Å². The lowest BCUT2D eigenvalue weighted by Crippen LogP contribution is -2.51. The number of nitrogens with one attached hydrogen (secondary N) is 2. The largest absolute Gasteiger partial charge is 0.354 e. The van der Waals surface area contributed by atoms with Crippen LogP contribution in [0.3, 0.4) is 0 Å². The maximum atomic E-state index is 12.2. The summed E-state index contributed by atoms with van der Waals surface area (Å²) >= 11 is 0. The molecular weight excluding hydrogens is 262 g/mol. The fourth-order valence-corrected chi connectivity index (χ4v) is 2.96. The van der Waals surface area contributed by atoms with Crippen molar-refractivity contribution in [2.24, 2.45) is 0 Å². The quantitative estimate of drug-likeness (QED) is 0.903. The van der Waals surface area contributed by atoms with Gasteiger partial charge in [0.25, 0.3) is 0 Å². The summed E-state index contributed by atoms with van der Waals surface area (Å²) in [6.45, 7) is 3.55. The fourth-order valence-electron chi connectivity index (χ4n) is 2.96. The molecule has 0 radical (unpaired) electrons. The van der Waals surface area contributed by atoms with E-state index >= 15 is 0 Å². The van der Waals surface area contributed by atoms with E-state index in [2.05, 4.69) is 33.8 Å². The molecule has 0 saturated carbocycles. The first-order chi connectivity index (χ1) is 10.2. The molecule has 2 N–H and O–H groups in total. The number of hydrogen-bond acceptors (Lipinski definition) is 3. The van der Waals surface area contributed by atoms with Gasteiger partial charge < -0.3 is 10.6 Å². The van der Waals surface area contributed by atoms with Crippen LogP contribution in [0.2, 0.25) is 0 Å². The smallest absolute Gasteiger partial charge is 0.240 e. The molecule has 2 aromatic rings. The SMILES string of the molecule is CC1(C(=O)NCCc2cccc3cccnc23)CCCN1. The Labute approximate surface area is 125 Å². The topological polar surface area (TPSA) is 54.0 Å². The molecule has 0 bridgehead atoms. The van der Waals surface area contributed by atoms with Gasteiger partial charge in [-0.05, 0) is 44.4 Å². The Balaban J connectivity index is 1.63. The molecule has 21 heavy (non-hydrogen) atoms. The van der Waals surface area contributed by atoms with Crippen LogP contribution in [0.15, 0.2) is 36.5 Å². The van der Waals surface area contributed by atoms with Crippen molar-refractivity contribution < 1.29 is 4.79 Å². The number of carbonyl (C=O) groups excluding carboxylic acids is 1. The molecule has 2 heterocycles. The number of para-hydroxylation sites is 1. The Morgan fingerprint density at radius 2 is 2.24 bits per heavy atom. The van der Waals surface area contributed by atoms with Crippen molar-refractivity contribution in [3.63, 3.8) is 0 Å². The zero-order chi connectivity index (χ0) is 14.7. The minimum absolute atomic E-state index is 0.105. The molecule has 3 rings (SSSR count). The van der Waals surface area contributed by atoms with E-state index in [-0.39, 0.29) is 5.91 Å². The third-order valence-corrected chi connectivity index (χ3v) is 4.27. The van der Waals surface area contributed by atoms with E-state index < -0.39 is 5.54 Å². The maximum Gasteiger partial charge on any atom is 0.240 e. The lowest BCUT2D eigenvalue weighted by atomic mass is 9.99. The van der Waals surface area contributed by atoms with E-state index in [9.17, 15) is 4.79 Å². The van der Waals surface area contributed by atoms with Crippen LogP contribution >= 0.6 is 0 Å². The summed E-state index contributed by atoms with van der Waals surface area (Å²) in [5, 5.41) is 7.48. The summed E-state index contributed by atoms with van der Waals surface area (Å²) in [6, 6.07) is 10.2. The van der Waals surface area contributed by atoms with E-state index in [1.165, 1.54) is 5.56 Å². The molecule has 1 aromatic heterocycles. The molecule has 0 spiro atoms. The summed E-state index contributed by atoms with van der Waals surface area (Å²) in [6.07, 6.45) is 4.59. The number of amides is 1. The van der Waals surface area contributed by atoms with Gasteiger partial charge in [-0.1, -0.05) is 24.3 Å². The summed E-state index contributed by atoms with van der Waals surface area (Å²) in [5.41, 5.74) is 1.81. The van der Waals surface area contributed by atoms with Gasteiger partial charge in [0.2, 0.25) is 5.91 Å². The average molecular weight is 283 g/mol. The van der Waals surface area contributed by atoms with Crippen molar-refractivity contribution in [1.82, 2.24) is 15.6 Å². The Kier molecular flexibility index (Phi) is 3.88. The van der Waals surface area contributed by atoms with Gasteiger partial charge >= 0.3 is 0 Å². The predicted octanol–water partition coefficient (Wildman–Crippen LogP) is 2.04. The van der Waals surface area contributed by atoms with Crippen molar-refractivity contribution in [3.8, 4) is 0 Å². The first kappa shape index (κ1) is 14.0. The predicted molar refractivity (Wildman–Crippen MR) is 84.1 cm³/mol. The Morgan fingerprint density at radius 1 is 1.38 bits per heavy atom. The number of nitrogens with zero attached hydrogens (tertiary/aromatic N) is 1. The zero-order valence-corrected chi connectivity index (χ0v) is 12.4. The molecule has 1 unspecified atom stereocenters. The molecular formula is C17H21N3O. The number of rotatable bonds is 4. The van der Waals surface area contributed by atoms with Crippen molar-refractivity contribution in [2.45, 2.75) is 31.7 Å². The van der Waals surface area contributed by atoms with Crippen molar-refractivity contribution in [2.75, 3.05) is 13.1 Å². The molecule has 110 valence electrons. The van der Waals surface area contributed by atoms with Gasteiger partial charge in [0.15, 0.2) is 0 Å². The number of fused-ring (bicyclic) bond motifs is 1. The summed E-state index contributed by atoms with van der Waals surface area (Å²) < 4.78 is 0. The maximum absolute atomic E-state index is 12.2. The van der Waals surface area contributed by atoms with E-state index in [4.69, 9.17) is 0 Å². The van der Waals surface area contributed by atoms with E-state index in [0.717, 1.165) is 36.7 Å². The molecule has 1 atom stereocenters. The molecule has 1 amide bonds. The molecule has 4 heteroatoms. The van der Waals surface area contributed by atoms with Gasteiger partial charge in [0.1, 0.15) is 0 Å². The monoisotopic (exact) mass is 283 g/mol. The third-order valence-electron chi connectivity index (χ3n) is 4.27. The van der Waals surface area contributed by atoms with Gasteiger partial charge in [-0.3, -0.25) is 9.78 Å². The highest BCUT2D eigenvalue weighted by Crippen LogP contribution is 2.19. The van der Waals surface area contributed by atoms with Crippen LogP contribution in [-0.4, -0.2) is 29.5 Å². The van der Waals surface area contributed by atoms with Gasteiger partial charge in [0, 0.05) is 18.1 Å². The second-order valence-corrected chi connectivity index (χ2v) is 5.86. The number of pyridine rings is 1. The van der Waals surface area contributed by atoms with Crippen molar-refractivity contribution in [3.05, 3.63) is 42.1 Å². The number of benzene rings is 1. The minimum Gasteiger partial charge on any atom is -0.354 e. The Morgan fingerprint density at radius 3 is 3.05 bits per heavy atom. The molecule has 0 aliphatic carbocycles. The van der Waals surface area contributed by atoms with Gasteiger partial charge in [-0.2, -0.15) is 0 Å². The third kappa shape index (κ3) is 2.90. The summed E-state index contributed by atoms with van der Waals surface area (Å²) in [7, 11) is 0. The molecule has 4 nitrogen and oxygen atoms in total. The van der Waals surface area contributed by atoms with E-state index in [1.54, 1.807) is 0 Å². The molecule has 1 fully saturated rings. The standard InChI is InChI=1S/C17H21N3O/c1-17(9-4-11-20-17)16(21)19-12-8-14-6-2-5-13-7-3-10-18-15(13)14/h2-3,5-7,10,20H,4,8-9,11-12H2,1H3,(H,19,21). The minimum atomic E-state index is -0.392. The van der Waals surface area contributed by atoms with Crippen LogP contribution in [0.5, 0.6) is 0 Å². The number of aromatic nitrogens is 1. The van der Waals surface area contributed by atoms with E-state index in [0.29, 0.717) is 6.54 Å². The van der Waals surface area contributed by atoms with Gasteiger partial charge in [0.05, 0.1) is 11.1 Å². The van der Waals surface area contributed by atoms with Crippen LogP contribution in [0.25, 0.3) is 10.9 Å². The van der Waals surface area contributed by atoms with Crippen LogP contribution in [0.4, 0.5) is 0 Å². The lowest BCUT2D eigenvalue weighted by molar-refractivity contribution is -0.126. The molecule has 1 aliphatic rings. The molecule has 1 aromatic carbocycles. The van der Waals surface area contributed by atoms with Crippen molar-refractivity contribution in [1.29, 1.82) is 0 Å².